The molecule has 1 atom stereocenters. The predicted octanol–water partition coefficient (Wildman–Crippen LogP) is -0.0643. The van der Waals surface area contributed by atoms with E-state index in [1.54, 1.807) is 0 Å². The van der Waals surface area contributed by atoms with Crippen LogP contribution < -0.4 is 11.1 Å². The third-order valence-electron chi connectivity index (χ3n) is 3.60. The molecule has 1 amide bonds. The summed E-state index contributed by atoms with van der Waals surface area (Å²) in [6, 6.07) is 0.395. The Bertz CT molecular complexity index is 224. The number of nitrogens with two attached hydrogens (primary N) is 1. The number of nitrogens with one attached hydrogen (secondary N) is 1. The van der Waals surface area contributed by atoms with E-state index in [-0.39, 0.29) is 5.91 Å². The molecule has 2 aliphatic heterocycles. The topological polar surface area (TPSA) is 58.4 Å². The Balaban J connectivity index is 1.70. The maximum absolute atomic E-state index is 11.0. The van der Waals surface area contributed by atoms with Crippen LogP contribution in [0.2, 0.25) is 0 Å². The first-order valence-corrected chi connectivity index (χ1v) is 5.99. The molecule has 2 saturated heterocycles. The minimum absolute atomic E-state index is 0.219. The van der Waals surface area contributed by atoms with Crippen molar-refractivity contribution in [3.8, 4) is 0 Å². The average molecular weight is 211 g/mol. The Labute approximate surface area is 91.2 Å². The lowest BCUT2D eigenvalue weighted by molar-refractivity contribution is -0.119. The Morgan fingerprint density at radius 1 is 1.33 bits per heavy atom. The number of nitrogens with zero attached hydrogens (tertiary/aromatic N) is 1. The van der Waals surface area contributed by atoms with Gasteiger partial charge in [-0.2, -0.15) is 0 Å². The van der Waals surface area contributed by atoms with Gasteiger partial charge >= 0.3 is 0 Å². The van der Waals surface area contributed by atoms with Crippen molar-refractivity contribution < 1.29 is 4.79 Å². The van der Waals surface area contributed by atoms with Crippen LogP contribution in [0.5, 0.6) is 0 Å². The number of carbonyl (C=O) groups is 1. The lowest BCUT2D eigenvalue weighted by Crippen LogP contribution is -2.43. The van der Waals surface area contributed by atoms with Crippen molar-refractivity contribution in [1.82, 2.24) is 10.2 Å². The smallest absolute Gasteiger partial charge is 0.220 e. The number of likely N-dealkylation sites (tertiary alicyclic amines) is 1. The van der Waals surface area contributed by atoms with Gasteiger partial charge in [0.1, 0.15) is 0 Å². The second-order valence-electron chi connectivity index (χ2n) is 4.78. The largest absolute Gasteiger partial charge is 0.352 e. The molecule has 0 aromatic heterocycles. The highest BCUT2D eigenvalue weighted by Crippen LogP contribution is 2.17. The van der Waals surface area contributed by atoms with Crippen LogP contribution >= 0.6 is 0 Å². The number of carbonyl (C=O) groups excluding carboxylic acids is 1. The minimum Gasteiger partial charge on any atom is -0.352 e. The maximum Gasteiger partial charge on any atom is 0.220 e. The Kier molecular flexibility index (Phi) is 3.59. The van der Waals surface area contributed by atoms with Crippen LogP contribution in [-0.2, 0) is 4.79 Å². The molecule has 0 saturated carbocycles. The molecule has 0 bridgehead atoms. The van der Waals surface area contributed by atoms with Crippen LogP contribution in [0.15, 0.2) is 0 Å². The summed E-state index contributed by atoms with van der Waals surface area (Å²) in [6.07, 6.45) is 4.16. The molecule has 15 heavy (non-hydrogen) atoms. The third kappa shape index (κ3) is 2.92. The Hall–Kier alpha value is -0.610. The Morgan fingerprint density at radius 3 is 2.60 bits per heavy atom. The highest BCUT2D eigenvalue weighted by atomic mass is 16.1. The van der Waals surface area contributed by atoms with Gasteiger partial charge in [0.15, 0.2) is 0 Å². The molecule has 86 valence electrons. The SMILES string of the molecule is NCC1CCN(CC2CCC(=O)N2)CC1. The molecule has 0 radical (unpaired) electrons. The monoisotopic (exact) mass is 211 g/mol. The summed E-state index contributed by atoms with van der Waals surface area (Å²) >= 11 is 0. The van der Waals surface area contributed by atoms with Gasteiger partial charge in [-0.05, 0) is 44.8 Å². The summed E-state index contributed by atoms with van der Waals surface area (Å²) in [5.41, 5.74) is 5.65. The third-order valence-corrected chi connectivity index (χ3v) is 3.60. The van der Waals surface area contributed by atoms with Gasteiger partial charge in [0, 0.05) is 19.0 Å². The van der Waals surface area contributed by atoms with Crippen molar-refractivity contribution >= 4 is 5.91 Å². The van der Waals surface area contributed by atoms with Gasteiger partial charge in [0.05, 0.1) is 0 Å². The first kappa shape index (κ1) is 10.9. The van der Waals surface area contributed by atoms with E-state index in [1.165, 1.54) is 12.8 Å². The normalized spacial score (nSPS) is 29.4. The van der Waals surface area contributed by atoms with E-state index in [4.69, 9.17) is 5.73 Å². The zero-order valence-corrected chi connectivity index (χ0v) is 9.24. The van der Waals surface area contributed by atoms with Crippen LogP contribution in [0.4, 0.5) is 0 Å². The summed E-state index contributed by atoms with van der Waals surface area (Å²) in [4.78, 5) is 13.5. The van der Waals surface area contributed by atoms with Crippen LogP contribution in [0.1, 0.15) is 25.7 Å². The van der Waals surface area contributed by atoms with Gasteiger partial charge in [-0.3, -0.25) is 4.79 Å². The van der Waals surface area contributed by atoms with E-state index < -0.39 is 0 Å². The fourth-order valence-corrected chi connectivity index (χ4v) is 2.53. The number of piperidine rings is 1. The van der Waals surface area contributed by atoms with Gasteiger partial charge in [-0.25, -0.2) is 0 Å². The molecule has 3 N–H and O–H groups in total. The van der Waals surface area contributed by atoms with Crippen LogP contribution in [0.3, 0.4) is 0 Å². The van der Waals surface area contributed by atoms with Crippen LogP contribution in [-0.4, -0.2) is 43.0 Å². The molecule has 0 aromatic rings. The summed E-state index contributed by atoms with van der Waals surface area (Å²) in [5, 5.41) is 3.02. The first-order chi connectivity index (χ1) is 7.28. The highest BCUT2D eigenvalue weighted by Gasteiger charge is 2.25. The second kappa shape index (κ2) is 4.94. The predicted molar refractivity (Wildman–Crippen MR) is 59.4 cm³/mol. The molecule has 0 spiro atoms. The minimum atomic E-state index is 0.219. The van der Waals surface area contributed by atoms with E-state index in [2.05, 4.69) is 10.2 Å². The van der Waals surface area contributed by atoms with Gasteiger partial charge in [-0.15, -0.1) is 0 Å². The van der Waals surface area contributed by atoms with Crippen LogP contribution in [0.25, 0.3) is 0 Å². The average Bonchev–Trinajstić information content (AvgIpc) is 2.65. The summed E-state index contributed by atoms with van der Waals surface area (Å²) in [6.45, 7) is 4.15. The molecular weight excluding hydrogens is 190 g/mol. The standard InChI is InChI=1S/C11H21N3O/c12-7-9-3-5-14(6-4-9)8-10-1-2-11(15)13-10/h9-10H,1-8,12H2,(H,13,15). The maximum atomic E-state index is 11.0. The van der Waals surface area contributed by atoms with Crippen molar-refractivity contribution in [1.29, 1.82) is 0 Å². The van der Waals surface area contributed by atoms with E-state index in [0.717, 1.165) is 38.5 Å². The van der Waals surface area contributed by atoms with Crippen molar-refractivity contribution in [2.75, 3.05) is 26.2 Å². The van der Waals surface area contributed by atoms with Crippen molar-refractivity contribution in [3.63, 3.8) is 0 Å². The van der Waals surface area contributed by atoms with Crippen LogP contribution in [0, 0.1) is 5.92 Å². The molecule has 4 nitrogen and oxygen atoms in total. The molecular formula is C11H21N3O. The number of amides is 1. The van der Waals surface area contributed by atoms with E-state index in [9.17, 15) is 4.79 Å². The zero-order valence-electron chi connectivity index (χ0n) is 9.24. The van der Waals surface area contributed by atoms with Crippen molar-refractivity contribution in [2.45, 2.75) is 31.7 Å². The second-order valence-corrected chi connectivity index (χ2v) is 4.78. The number of hydrogen-bond donors (Lipinski definition) is 2. The van der Waals surface area contributed by atoms with Gasteiger partial charge in [-0.1, -0.05) is 0 Å². The number of hydrogen-bond acceptors (Lipinski definition) is 3. The molecule has 2 fully saturated rings. The zero-order chi connectivity index (χ0) is 10.7. The molecule has 1 unspecified atom stereocenters. The highest BCUT2D eigenvalue weighted by molar-refractivity contribution is 5.78. The van der Waals surface area contributed by atoms with E-state index >= 15 is 0 Å². The summed E-state index contributed by atoms with van der Waals surface area (Å²) < 4.78 is 0. The quantitative estimate of drug-likeness (QED) is 0.687. The van der Waals surface area contributed by atoms with Crippen molar-refractivity contribution in [3.05, 3.63) is 0 Å². The molecule has 2 aliphatic rings. The Morgan fingerprint density at radius 2 is 2.07 bits per heavy atom. The van der Waals surface area contributed by atoms with Gasteiger partial charge < -0.3 is 16.0 Å². The van der Waals surface area contributed by atoms with Gasteiger partial charge in [0.25, 0.3) is 0 Å². The summed E-state index contributed by atoms with van der Waals surface area (Å²) in [5.74, 6) is 0.941. The summed E-state index contributed by atoms with van der Waals surface area (Å²) in [7, 11) is 0. The molecule has 2 rings (SSSR count). The fourth-order valence-electron chi connectivity index (χ4n) is 2.53. The molecule has 0 aromatic carbocycles. The fraction of sp³-hybridized carbons (Fsp3) is 0.909. The number of rotatable bonds is 3. The lowest BCUT2D eigenvalue weighted by atomic mass is 9.97. The first-order valence-electron chi connectivity index (χ1n) is 5.99. The van der Waals surface area contributed by atoms with E-state index in [1.807, 2.05) is 0 Å². The molecule has 4 heteroatoms. The molecule has 2 heterocycles. The van der Waals surface area contributed by atoms with Gasteiger partial charge in [0.2, 0.25) is 5.91 Å². The molecule has 0 aliphatic carbocycles. The van der Waals surface area contributed by atoms with Crippen molar-refractivity contribution in [2.24, 2.45) is 11.7 Å². The lowest BCUT2D eigenvalue weighted by Gasteiger charge is -2.32. The van der Waals surface area contributed by atoms with E-state index in [0.29, 0.717) is 12.5 Å².